The van der Waals surface area contributed by atoms with Crippen LogP contribution in [0.4, 0.5) is 10.8 Å². The van der Waals surface area contributed by atoms with E-state index in [9.17, 15) is 4.79 Å². The summed E-state index contributed by atoms with van der Waals surface area (Å²) in [6.07, 6.45) is 0. The maximum Gasteiger partial charge on any atom is 0.275 e. The van der Waals surface area contributed by atoms with E-state index in [0.29, 0.717) is 5.69 Å². The highest BCUT2D eigenvalue weighted by Crippen LogP contribution is 2.21. The van der Waals surface area contributed by atoms with Gasteiger partial charge >= 0.3 is 0 Å². The van der Waals surface area contributed by atoms with E-state index in [1.165, 1.54) is 11.3 Å². The molecule has 0 atom stereocenters. The average Bonchev–Trinajstić information content (AvgIpc) is 2.92. The third-order valence-corrected chi connectivity index (χ3v) is 4.29. The van der Waals surface area contributed by atoms with Crippen LogP contribution in [-0.4, -0.2) is 24.0 Å². The first kappa shape index (κ1) is 15.0. The Balaban J connectivity index is 2.08. The molecule has 1 N–H and O–H groups in total. The molecule has 20 heavy (non-hydrogen) atoms. The number of hydrogen-bond donors (Lipinski definition) is 1. The van der Waals surface area contributed by atoms with Gasteiger partial charge in [-0.15, -0.1) is 11.3 Å². The number of nitrogens with one attached hydrogen (secondary N) is 1. The molecule has 6 heteroatoms. The van der Waals surface area contributed by atoms with Gasteiger partial charge in [0.25, 0.3) is 5.91 Å². The summed E-state index contributed by atoms with van der Waals surface area (Å²) in [5.74, 6) is -0.179. The van der Waals surface area contributed by atoms with Gasteiger partial charge in [0.1, 0.15) is 5.69 Å². The number of amides is 1. The zero-order chi connectivity index (χ0) is 14.5. The van der Waals surface area contributed by atoms with E-state index in [1.807, 2.05) is 24.3 Å². The van der Waals surface area contributed by atoms with Crippen LogP contribution in [-0.2, 0) is 0 Å². The minimum absolute atomic E-state index is 0.179. The van der Waals surface area contributed by atoms with Crippen LogP contribution in [0.25, 0.3) is 0 Å². The SMILES string of the molecule is CCN(CC)c1nc(C(=O)Nc2ccc(Br)cc2)cs1. The van der Waals surface area contributed by atoms with Gasteiger partial charge in [-0.05, 0) is 38.1 Å². The third kappa shape index (κ3) is 3.58. The van der Waals surface area contributed by atoms with Gasteiger partial charge in [0.15, 0.2) is 5.13 Å². The largest absolute Gasteiger partial charge is 0.349 e. The van der Waals surface area contributed by atoms with Crippen molar-refractivity contribution in [2.45, 2.75) is 13.8 Å². The number of thiazole rings is 1. The fraction of sp³-hybridized carbons (Fsp3) is 0.286. The van der Waals surface area contributed by atoms with Gasteiger partial charge in [-0.2, -0.15) is 0 Å². The summed E-state index contributed by atoms with van der Waals surface area (Å²) in [5.41, 5.74) is 1.22. The summed E-state index contributed by atoms with van der Waals surface area (Å²) in [7, 11) is 0. The fourth-order valence-electron chi connectivity index (χ4n) is 1.74. The minimum Gasteiger partial charge on any atom is -0.349 e. The van der Waals surface area contributed by atoms with Crippen LogP contribution >= 0.6 is 27.3 Å². The van der Waals surface area contributed by atoms with Crippen LogP contribution in [0.2, 0.25) is 0 Å². The van der Waals surface area contributed by atoms with Crippen molar-refractivity contribution in [2.75, 3.05) is 23.3 Å². The van der Waals surface area contributed by atoms with Crippen LogP contribution in [0.5, 0.6) is 0 Å². The first-order valence-corrected chi connectivity index (χ1v) is 8.08. The summed E-state index contributed by atoms with van der Waals surface area (Å²) in [4.78, 5) is 18.6. The highest BCUT2D eigenvalue weighted by atomic mass is 79.9. The second-order valence-electron chi connectivity index (χ2n) is 4.15. The van der Waals surface area contributed by atoms with Crippen LogP contribution < -0.4 is 10.2 Å². The molecule has 0 unspecified atom stereocenters. The Morgan fingerprint density at radius 3 is 2.55 bits per heavy atom. The molecule has 0 saturated carbocycles. The molecule has 1 heterocycles. The van der Waals surface area contributed by atoms with E-state index >= 15 is 0 Å². The number of carbonyl (C=O) groups is 1. The lowest BCUT2D eigenvalue weighted by Crippen LogP contribution is -2.22. The van der Waals surface area contributed by atoms with Gasteiger partial charge in [-0.3, -0.25) is 4.79 Å². The Labute approximate surface area is 131 Å². The number of hydrogen-bond acceptors (Lipinski definition) is 4. The highest BCUT2D eigenvalue weighted by Gasteiger charge is 2.13. The summed E-state index contributed by atoms with van der Waals surface area (Å²) in [6.45, 7) is 5.93. The Morgan fingerprint density at radius 1 is 1.30 bits per heavy atom. The number of carbonyl (C=O) groups excluding carboxylic acids is 1. The molecule has 1 aromatic heterocycles. The standard InChI is InChI=1S/C14H16BrN3OS/c1-3-18(4-2)14-17-12(9-20-14)13(19)16-11-7-5-10(15)6-8-11/h5-9H,3-4H2,1-2H3,(H,16,19). The van der Waals surface area contributed by atoms with Crippen molar-refractivity contribution in [1.82, 2.24) is 4.98 Å². The monoisotopic (exact) mass is 353 g/mol. The number of nitrogens with zero attached hydrogens (tertiary/aromatic N) is 2. The predicted octanol–water partition coefficient (Wildman–Crippen LogP) is 4.00. The quantitative estimate of drug-likeness (QED) is 0.883. The summed E-state index contributed by atoms with van der Waals surface area (Å²) in [6, 6.07) is 7.47. The molecule has 2 rings (SSSR count). The molecule has 0 radical (unpaired) electrons. The van der Waals surface area contributed by atoms with Crippen LogP contribution in [0, 0.1) is 0 Å². The van der Waals surface area contributed by atoms with Crippen molar-refractivity contribution in [2.24, 2.45) is 0 Å². The lowest BCUT2D eigenvalue weighted by atomic mass is 10.3. The second-order valence-corrected chi connectivity index (χ2v) is 5.90. The molecule has 0 aliphatic heterocycles. The highest BCUT2D eigenvalue weighted by molar-refractivity contribution is 9.10. The van der Waals surface area contributed by atoms with Crippen molar-refractivity contribution in [3.05, 3.63) is 39.8 Å². The minimum atomic E-state index is -0.179. The van der Waals surface area contributed by atoms with E-state index in [1.54, 1.807) is 5.38 Å². The predicted molar refractivity (Wildman–Crippen MR) is 87.8 cm³/mol. The Kier molecular flexibility index (Phi) is 5.14. The fourth-order valence-corrected chi connectivity index (χ4v) is 2.94. The number of benzene rings is 1. The smallest absolute Gasteiger partial charge is 0.275 e. The van der Waals surface area contributed by atoms with Gasteiger partial charge < -0.3 is 10.2 Å². The molecular formula is C14H16BrN3OS. The molecular weight excluding hydrogens is 338 g/mol. The van der Waals surface area contributed by atoms with Crippen molar-refractivity contribution in [1.29, 1.82) is 0 Å². The van der Waals surface area contributed by atoms with E-state index in [4.69, 9.17) is 0 Å². The number of halogens is 1. The zero-order valence-corrected chi connectivity index (χ0v) is 13.8. The zero-order valence-electron chi connectivity index (χ0n) is 11.4. The van der Waals surface area contributed by atoms with Gasteiger partial charge in [0.2, 0.25) is 0 Å². The topological polar surface area (TPSA) is 45.2 Å². The lowest BCUT2D eigenvalue weighted by molar-refractivity contribution is 0.102. The summed E-state index contributed by atoms with van der Waals surface area (Å²) < 4.78 is 0.980. The van der Waals surface area contributed by atoms with Crippen LogP contribution in [0.1, 0.15) is 24.3 Å². The lowest BCUT2D eigenvalue weighted by Gasteiger charge is -2.16. The molecule has 0 fully saturated rings. The van der Waals surface area contributed by atoms with Gasteiger partial charge in [0, 0.05) is 28.6 Å². The molecule has 1 aromatic carbocycles. The molecule has 0 aliphatic carbocycles. The molecule has 0 saturated heterocycles. The Morgan fingerprint density at radius 2 is 1.95 bits per heavy atom. The Bertz CT molecular complexity index is 578. The first-order chi connectivity index (χ1) is 9.63. The summed E-state index contributed by atoms with van der Waals surface area (Å²) >= 11 is 4.86. The maximum absolute atomic E-state index is 12.1. The van der Waals surface area contributed by atoms with E-state index in [0.717, 1.165) is 28.4 Å². The Hall–Kier alpha value is -1.40. The molecule has 1 amide bonds. The van der Waals surface area contributed by atoms with Gasteiger partial charge in [-0.1, -0.05) is 15.9 Å². The van der Waals surface area contributed by atoms with E-state index < -0.39 is 0 Å². The van der Waals surface area contributed by atoms with Crippen LogP contribution in [0.15, 0.2) is 34.1 Å². The van der Waals surface area contributed by atoms with E-state index in [-0.39, 0.29) is 5.91 Å². The third-order valence-electron chi connectivity index (χ3n) is 2.86. The number of anilines is 2. The second kappa shape index (κ2) is 6.85. The van der Waals surface area contributed by atoms with Crippen molar-refractivity contribution >= 4 is 44.0 Å². The molecule has 106 valence electrons. The normalized spacial score (nSPS) is 10.3. The maximum atomic E-state index is 12.1. The van der Waals surface area contributed by atoms with Gasteiger partial charge in [0.05, 0.1) is 0 Å². The summed E-state index contributed by atoms with van der Waals surface area (Å²) in [5, 5.41) is 5.52. The average molecular weight is 354 g/mol. The molecule has 2 aromatic rings. The molecule has 0 bridgehead atoms. The number of aromatic nitrogens is 1. The first-order valence-electron chi connectivity index (χ1n) is 6.41. The van der Waals surface area contributed by atoms with Crippen molar-refractivity contribution < 1.29 is 4.79 Å². The van der Waals surface area contributed by atoms with Crippen molar-refractivity contribution in [3.8, 4) is 0 Å². The van der Waals surface area contributed by atoms with Gasteiger partial charge in [-0.25, -0.2) is 4.98 Å². The number of rotatable bonds is 5. The molecule has 0 aliphatic rings. The van der Waals surface area contributed by atoms with Crippen molar-refractivity contribution in [3.63, 3.8) is 0 Å². The van der Waals surface area contributed by atoms with E-state index in [2.05, 4.69) is 45.0 Å². The van der Waals surface area contributed by atoms with Crippen LogP contribution in [0.3, 0.4) is 0 Å². The molecule has 4 nitrogen and oxygen atoms in total. The molecule has 0 spiro atoms.